The van der Waals surface area contributed by atoms with Crippen molar-refractivity contribution in [3.63, 3.8) is 0 Å². The van der Waals surface area contributed by atoms with E-state index in [0.717, 1.165) is 18.8 Å². The molecular formula is C10H17Cl2N3O2. The molecule has 1 aromatic rings. The van der Waals surface area contributed by atoms with Crippen molar-refractivity contribution in [1.82, 2.24) is 4.98 Å². The van der Waals surface area contributed by atoms with Crippen molar-refractivity contribution in [2.45, 2.75) is 12.5 Å². The SMILES string of the molecule is COc1nc(N2CCC(O)C2)ccc1N.Cl.Cl. The van der Waals surface area contributed by atoms with Crippen LogP contribution in [0, 0.1) is 0 Å². The van der Waals surface area contributed by atoms with Gasteiger partial charge in [-0.3, -0.25) is 0 Å². The Balaban J connectivity index is 0.00000128. The van der Waals surface area contributed by atoms with E-state index in [4.69, 9.17) is 10.5 Å². The zero-order valence-corrected chi connectivity index (χ0v) is 11.1. The summed E-state index contributed by atoms with van der Waals surface area (Å²) in [6.07, 6.45) is 0.532. The molecule has 7 heteroatoms. The lowest BCUT2D eigenvalue weighted by molar-refractivity contribution is 0.198. The Morgan fingerprint density at radius 3 is 2.71 bits per heavy atom. The van der Waals surface area contributed by atoms with E-state index in [1.54, 1.807) is 13.2 Å². The number of ether oxygens (including phenoxy) is 1. The van der Waals surface area contributed by atoms with Crippen LogP contribution >= 0.6 is 24.8 Å². The zero-order valence-electron chi connectivity index (χ0n) is 9.50. The average molecular weight is 282 g/mol. The second-order valence-electron chi connectivity index (χ2n) is 3.66. The summed E-state index contributed by atoms with van der Waals surface area (Å²) >= 11 is 0. The highest BCUT2D eigenvalue weighted by molar-refractivity contribution is 5.85. The third-order valence-electron chi connectivity index (χ3n) is 2.56. The number of rotatable bonds is 2. The van der Waals surface area contributed by atoms with Crippen molar-refractivity contribution in [3.8, 4) is 5.88 Å². The fraction of sp³-hybridized carbons (Fsp3) is 0.500. The smallest absolute Gasteiger partial charge is 0.238 e. The Morgan fingerprint density at radius 2 is 2.18 bits per heavy atom. The molecule has 0 spiro atoms. The number of nitrogens with zero attached hydrogens (tertiary/aromatic N) is 2. The van der Waals surface area contributed by atoms with Crippen molar-refractivity contribution in [1.29, 1.82) is 0 Å². The number of aliphatic hydroxyl groups is 1. The Bertz CT molecular complexity index is 365. The molecule has 2 heterocycles. The van der Waals surface area contributed by atoms with Crippen LogP contribution in [0.2, 0.25) is 0 Å². The van der Waals surface area contributed by atoms with Crippen molar-refractivity contribution in [2.75, 3.05) is 30.8 Å². The number of halogens is 2. The van der Waals surface area contributed by atoms with E-state index < -0.39 is 0 Å². The van der Waals surface area contributed by atoms with E-state index in [9.17, 15) is 5.11 Å². The molecule has 0 amide bonds. The van der Waals surface area contributed by atoms with Crippen molar-refractivity contribution < 1.29 is 9.84 Å². The number of β-amino-alcohol motifs (C(OH)–C–C–N with tert-alkyl or cyclic N) is 1. The van der Waals surface area contributed by atoms with Crippen LogP contribution in [0.3, 0.4) is 0 Å². The van der Waals surface area contributed by atoms with Gasteiger partial charge in [-0.15, -0.1) is 24.8 Å². The molecule has 1 aliphatic heterocycles. The highest BCUT2D eigenvalue weighted by atomic mass is 35.5. The molecule has 98 valence electrons. The van der Waals surface area contributed by atoms with Gasteiger partial charge in [-0.1, -0.05) is 0 Å². The summed E-state index contributed by atoms with van der Waals surface area (Å²) in [5, 5.41) is 9.42. The minimum absolute atomic E-state index is 0. The molecule has 0 radical (unpaired) electrons. The molecule has 1 aromatic heterocycles. The van der Waals surface area contributed by atoms with E-state index in [0.29, 0.717) is 18.1 Å². The molecular weight excluding hydrogens is 265 g/mol. The molecule has 0 aliphatic carbocycles. The van der Waals surface area contributed by atoms with Crippen LogP contribution in [-0.4, -0.2) is 36.4 Å². The van der Waals surface area contributed by atoms with Crippen LogP contribution in [-0.2, 0) is 0 Å². The first-order chi connectivity index (χ1) is 7.20. The van der Waals surface area contributed by atoms with Gasteiger partial charge in [0.2, 0.25) is 5.88 Å². The molecule has 1 saturated heterocycles. The molecule has 3 N–H and O–H groups in total. The number of nitrogen functional groups attached to an aromatic ring is 1. The summed E-state index contributed by atoms with van der Waals surface area (Å²) in [6.45, 7) is 1.45. The maximum absolute atomic E-state index is 9.42. The van der Waals surface area contributed by atoms with E-state index in [-0.39, 0.29) is 30.9 Å². The summed E-state index contributed by atoms with van der Waals surface area (Å²) in [5.74, 6) is 1.24. The van der Waals surface area contributed by atoms with Gasteiger partial charge in [0.1, 0.15) is 5.82 Å². The first-order valence-electron chi connectivity index (χ1n) is 4.94. The minimum atomic E-state index is -0.254. The number of nitrogens with two attached hydrogens (primary N) is 1. The number of hydrogen-bond donors (Lipinski definition) is 2. The van der Waals surface area contributed by atoms with Crippen LogP contribution in [0.15, 0.2) is 12.1 Å². The molecule has 1 unspecified atom stereocenters. The molecule has 1 aliphatic rings. The lowest BCUT2D eigenvalue weighted by Gasteiger charge is -2.17. The van der Waals surface area contributed by atoms with Gasteiger partial charge in [0, 0.05) is 13.1 Å². The monoisotopic (exact) mass is 281 g/mol. The van der Waals surface area contributed by atoms with Crippen LogP contribution in [0.5, 0.6) is 5.88 Å². The quantitative estimate of drug-likeness (QED) is 0.849. The van der Waals surface area contributed by atoms with Gasteiger partial charge in [-0.2, -0.15) is 4.98 Å². The van der Waals surface area contributed by atoms with Crippen LogP contribution in [0.4, 0.5) is 11.5 Å². The Labute approximate surface area is 113 Å². The summed E-state index contributed by atoms with van der Waals surface area (Å²) in [6, 6.07) is 3.61. The Hall–Kier alpha value is -0.910. The number of anilines is 2. The van der Waals surface area contributed by atoms with Gasteiger partial charge in [0.25, 0.3) is 0 Å². The highest BCUT2D eigenvalue weighted by Gasteiger charge is 2.21. The fourth-order valence-electron chi connectivity index (χ4n) is 1.73. The number of aliphatic hydroxyl groups excluding tert-OH is 1. The number of hydrogen-bond acceptors (Lipinski definition) is 5. The Morgan fingerprint density at radius 1 is 1.47 bits per heavy atom. The highest BCUT2D eigenvalue weighted by Crippen LogP contribution is 2.24. The number of pyridine rings is 1. The summed E-state index contributed by atoms with van der Waals surface area (Å²) < 4.78 is 5.05. The lowest BCUT2D eigenvalue weighted by Crippen LogP contribution is -2.22. The van der Waals surface area contributed by atoms with Crippen molar-refractivity contribution >= 4 is 36.3 Å². The minimum Gasteiger partial charge on any atom is -0.479 e. The van der Waals surface area contributed by atoms with Gasteiger partial charge in [-0.05, 0) is 18.6 Å². The molecule has 0 aromatic carbocycles. The predicted octanol–water partition coefficient (Wildman–Crippen LogP) is 1.09. The Kier molecular flexibility index (Phi) is 6.37. The maximum atomic E-state index is 9.42. The fourth-order valence-corrected chi connectivity index (χ4v) is 1.73. The standard InChI is InChI=1S/C10H15N3O2.2ClH/c1-15-10-8(11)2-3-9(12-10)13-5-4-7(14)6-13;;/h2-3,7,14H,4-6,11H2,1H3;2*1H. The summed E-state index contributed by atoms with van der Waals surface area (Å²) in [7, 11) is 1.54. The second kappa shape index (κ2) is 6.74. The molecule has 17 heavy (non-hydrogen) atoms. The van der Waals surface area contributed by atoms with Gasteiger partial charge in [-0.25, -0.2) is 0 Å². The van der Waals surface area contributed by atoms with Gasteiger partial charge < -0.3 is 20.5 Å². The summed E-state index contributed by atoms with van der Waals surface area (Å²) in [4.78, 5) is 6.30. The molecule has 0 saturated carbocycles. The lowest BCUT2D eigenvalue weighted by atomic mass is 10.3. The number of aromatic nitrogens is 1. The predicted molar refractivity (Wildman–Crippen MR) is 72.5 cm³/mol. The average Bonchev–Trinajstić information content (AvgIpc) is 2.66. The topological polar surface area (TPSA) is 71.6 Å². The van der Waals surface area contributed by atoms with E-state index in [1.807, 2.05) is 11.0 Å². The van der Waals surface area contributed by atoms with Crippen LogP contribution in [0.1, 0.15) is 6.42 Å². The van der Waals surface area contributed by atoms with Gasteiger partial charge in [0.05, 0.1) is 18.9 Å². The van der Waals surface area contributed by atoms with E-state index in [2.05, 4.69) is 4.98 Å². The molecule has 1 fully saturated rings. The maximum Gasteiger partial charge on any atom is 0.238 e. The van der Waals surface area contributed by atoms with E-state index >= 15 is 0 Å². The second-order valence-corrected chi connectivity index (χ2v) is 3.66. The first kappa shape index (κ1) is 16.1. The zero-order chi connectivity index (χ0) is 10.8. The third kappa shape index (κ3) is 3.52. The van der Waals surface area contributed by atoms with Crippen LogP contribution in [0.25, 0.3) is 0 Å². The molecule has 5 nitrogen and oxygen atoms in total. The largest absolute Gasteiger partial charge is 0.479 e. The van der Waals surface area contributed by atoms with Crippen LogP contribution < -0.4 is 15.4 Å². The van der Waals surface area contributed by atoms with Gasteiger partial charge >= 0.3 is 0 Å². The van der Waals surface area contributed by atoms with Crippen molar-refractivity contribution in [3.05, 3.63) is 12.1 Å². The van der Waals surface area contributed by atoms with Gasteiger partial charge in [0.15, 0.2) is 0 Å². The first-order valence-corrected chi connectivity index (χ1v) is 4.94. The van der Waals surface area contributed by atoms with E-state index in [1.165, 1.54) is 0 Å². The molecule has 2 rings (SSSR count). The molecule has 1 atom stereocenters. The third-order valence-corrected chi connectivity index (χ3v) is 2.56. The number of methoxy groups -OCH3 is 1. The molecule has 0 bridgehead atoms. The summed E-state index contributed by atoms with van der Waals surface area (Å²) in [5.41, 5.74) is 6.20. The van der Waals surface area contributed by atoms with Crippen molar-refractivity contribution in [2.24, 2.45) is 0 Å². The normalized spacial score (nSPS) is 18.2.